The monoisotopic (exact) mass is 209 g/mol. The highest BCUT2D eigenvalue weighted by atomic mass is 16.5. The van der Waals surface area contributed by atoms with E-state index in [9.17, 15) is 14.7 Å². The van der Waals surface area contributed by atoms with Gasteiger partial charge in [0.05, 0.1) is 13.7 Å². The fourth-order valence-corrected chi connectivity index (χ4v) is 1.11. The summed E-state index contributed by atoms with van der Waals surface area (Å²) < 4.78 is 4.44. The first-order chi connectivity index (χ1) is 7.10. The van der Waals surface area contributed by atoms with Crippen molar-refractivity contribution in [2.24, 2.45) is 5.73 Å². The first kappa shape index (κ1) is 11.2. The normalized spacial score (nSPS) is 9.73. The van der Waals surface area contributed by atoms with Crippen molar-refractivity contribution in [3.05, 3.63) is 29.3 Å². The Morgan fingerprint density at radius 2 is 2.13 bits per heavy atom. The number of benzene rings is 1. The molecular weight excluding hydrogens is 198 g/mol. The molecule has 5 nitrogen and oxygen atoms in total. The molecular formula is C10H11NO4. The number of hydrogen-bond acceptors (Lipinski definition) is 5. The van der Waals surface area contributed by atoms with Gasteiger partial charge in [-0.2, -0.15) is 0 Å². The van der Waals surface area contributed by atoms with E-state index >= 15 is 0 Å². The lowest BCUT2D eigenvalue weighted by atomic mass is 10.1. The molecule has 0 saturated carbocycles. The van der Waals surface area contributed by atoms with Crippen molar-refractivity contribution in [2.45, 2.75) is 0 Å². The molecule has 0 aliphatic heterocycles. The van der Waals surface area contributed by atoms with Gasteiger partial charge in [-0.15, -0.1) is 0 Å². The number of aromatic hydroxyl groups is 1. The minimum absolute atomic E-state index is 0.0195. The topological polar surface area (TPSA) is 89.6 Å². The van der Waals surface area contributed by atoms with Crippen LogP contribution in [0.25, 0.3) is 0 Å². The number of ketones is 1. The summed E-state index contributed by atoms with van der Waals surface area (Å²) in [6.07, 6.45) is 0. The van der Waals surface area contributed by atoms with Gasteiger partial charge in [0.1, 0.15) is 11.3 Å². The second kappa shape index (κ2) is 4.56. The Morgan fingerprint density at radius 1 is 1.47 bits per heavy atom. The van der Waals surface area contributed by atoms with Crippen LogP contribution in [-0.4, -0.2) is 30.5 Å². The van der Waals surface area contributed by atoms with Crippen molar-refractivity contribution < 1.29 is 19.4 Å². The van der Waals surface area contributed by atoms with Gasteiger partial charge >= 0.3 is 5.97 Å². The predicted octanol–water partition coefficient (Wildman–Crippen LogP) is 0.320. The molecule has 0 aliphatic rings. The average Bonchev–Trinajstić information content (AvgIpc) is 2.26. The van der Waals surface area contributed by atoms with Crippen LogP contribution in [0.4, 0.5) is 0 Å². The van der Waals surface area contributed by atoms with Gasteiger partial charge in [-0.1, -0.05) is 6.07 Å². The number of rotatable bonds is 3. The fraction of sp³-hybridized carbons (Fsp3) is 0.200. The van der Waals surface area contributed by atoms with Crippen LogP contribution in [0.3, 0.4) is 0 Å². The molecule has 1 aromatic rings. The predicted molar refractivity (Wildman–Crippen MR) is 52.8 cm³/mol. The largest absolute Gasteiger partial charge is 0.507 e. The van der Waals surface area contributed by atoms with Crippen LogP contribution in [0.15, 0.2) is 18.2 Å². The zero-order valence-electron chi connectivity index (χ0n) is 8.19. The number of carbonyl (C=O) groups excluding carboxylic acids is 2. The van der Waals surface area contributed by atoms with Crippen LogP contribution in [0.5, 0.6) is 5.75 Å². The molecule has 0 bridgehead atoms. The van der Waals surface area contributed by atoms with Gasteiger partial charge in [-0.25, -0.2) is 4.79 Å². The number of hydrogen-bond donors (Lipinski definition) is 2. The summed E-state index contributed by atoms with van der Waals surface area (Å²) in [5.41, 5.74) is 5.44. The lowest BCUT2D eigenvalue weighted by molar-refractivity contribution is 0.0597. The molecule has 1 rings (SSSR count). The standard InChI is InChI=1S/C10H11NO4/c1-15-10(14)7-3-2-6(4-8(7)12)9(13)5-11/h2-4,12H,5,11H2,1H3. The molecule has 1 aromatic carbocycles. The molecule has 5 heteroatoms. The molecule has 0 spiro atoms. The molecule has 0 saturated heterocycles. The van der Waals surface area contributed by atoms with Crippen molar-refractivity contribution >= 4 is 11.8 Å². The van der Waals surface area contributed by atoms with Crippen LogP contribution >= 0.6 is 0 Å². The number of nitrogens with two attached hydrogens (primary N) is 1. The number of esters is 1. The van der Waals surface area contributed by atoms with Crippen LogP contribution in [-0.2, 0) is 4.74 Å². The third kappa shape index (κ3) is 2.32. The minimum atomic E-state index is -0.653. The second-order valence-corrected chi connectivity index (χ2v) is 2.85. The summed E-state index contributed by atoms with van der Waals surface area (Å²) in [6, 6.07) is 3.94. The van der Waals surface area contributed by atoms with Crippen LogP contribution in [0.1, 0.15) is 20.7 Å². The molecule has 0 fully saturated rings. The Balaban J connectivity index is 3.08. The number of ether oxygens (including phenoxy) is 1. The van der Waals surface area contributed by atoms with Gasteiger partial charge in [0, 0.05) is 5.56 Å². The van der Waals surface area contributed by atoms with Crippen molar-refractivity contribution in [3.8, 4) is 5.75 Å². The van der Waals surface area contributed by atoms with E-state index < -0.39 is 5.97 Å². The molecule has 0 unspecified atom stereocenters. The van der Waals surface area contributed by atoms with Gasteiger partial charge < -0.3 is 15.6 Å². The Labute approximate surface area is 86.5 Å². The lowest BCUT2D eigenvalue weighted by Crippen LogP contribution is -2.13. The zero-order chi connectivity index (χ0) is 11.4. The SMILES string of the molecule is COC(=O)c1ccc(C(=O)CN)cc1O. The van der Waals surface area contributed by atoms with E-state index in [4.69, 9.17) is 5.73 Å². The summed E-state index contributed by atoms with van der Waals surface area (Å²) in [4.78, 5) is 22.3. The number of carbonyl (C=O) groups is 2. The van der Waals surface area contributed by atoms with Crippen molar-refractivity contribution in [2.75, 3.05) is 13.7 Å². The lowest BCUT2D eigenvalue weighted by Gasteiger charge is -2.04. The van der Waals surface area contributed by atoms with Gasteiger partial charge in [-0.05, 0) is 12.1 Å². The number of phenolic OH excluding ortho intramolecular Hbond substituents is 1. The van der Waals surface area contributed by atoms with E-state index in [1.165, 1.54) is 25.3 Å². The Kier molecular flexibility index (Phi) is 3.41. The third-order valence-corrected chi connectivity index (χ3v) is 1.91. The first-order valence-corrected chi connectivity index (χ1v) is 4.24. The van der Waals surface area contributed by atoms with Crippen molar-refractivity contribution in [1.82, 2.24) is 0 Å². The molecule has 0 amide bonds. The van der Waals surface area contributed by atoms with E-state index in [1.807, 2.05) is 0 Å². The van der Waals surface area contributed by atoms with E-state index in [2.05, 4.69) is 4.74 Å². The summed E-state index contributed by atoms with van der Waals surface area (Å²) in [6.45, 7) is -0.142. The highest BCUT2D eigenvalue weighted by Crippen LogP contribution is 2.19. The Morgan fingerprint density at radius 3 is 2.60 bits per heavy atom. The fourth-order valence-electron chi connectivity index (χ4n) is 1.11. The number of Topliss-reactive ketones (excluding diaryl/α,β-unsaturated/α-hetero) is 1. The zero-order valence-corrected chi connectivity index (χ0v) is 8.19. The molecule has 0 heterocycles. The summed E-state index contributed by atoms with van der Waals surface area (Å²) in [7, 11) is 1.21. The van der Waals surface area contributed by atoms with Crippen LogP contribution in [0.2, 0.25) is 0 Å². The van der Waals surface area contributed by atoms with Gasteiger partial charge in [-0.3, -0.25) is 4.79 Å². The molecule has 0 radical (unpaired) electrons. The molecule has 80 valence electrons. The van der Waals surface area contributed by atoms with Crippen LogP contribution in [0, 0.1) is 0 Å². The van der Waals surface area contributed by atoms with Crippen LogP contribution < -0.4 is 5.73 Å². The Hall–Kier alpha value is -1.88. The number of phenols is 1. The summed E-state index contributed by atoms with van der Waals surface area (Å²) in [5, 5.41) is 9.44. The molecule has 15 heavy (non-hydrogen) atoms. The number of methoxy groups -OCH3 is 1. The van der Waals surface area contributed by atoms with E-state index in [-0.39, 0.29) is 29.2 Å². The molecule has 3 N–H and O–H groups in total. The maximum Gasteiger partial charge on any atom is 0.341 e. The highest BCUT2D eigenvalue weighted by Gasteiger charge is 2.13. The average molecular weight is 209 g/mol. The molecule has 0 aromatic heterocycles. The van der Waals surface area contributed by atoms with E-state index in [0.29, 0.717) is 0 Å². The second-order valence-electron chi connectivity index (χ2n) is 2.85. The molecule has 0 atom stereocenters. The maximum atomic E-state index is 11.2. The van der Waals surface area contributed by atoms with E-state index in [0.717, 1.165) is 0 Å². The van der Waals surface area contributed by atoms with Gasteiger partial charge in [0.25, 0.3) is 0 Å². The Bertz CT molecular complexity index is 400. The summed E-state index contributed by atoms with van der Waals surface area (Å²) in [5.74, 6) is -1.25. The third-order valence-electron chi connectivity index (χ3n) is 1.91. The summed E-state index contributed by atoms with van der Waals surface area (Å²) >= 11 is 0. The minimum Gasteiger partial charge on any atom is -0.507 e. The highest BCUT2D eigenvalue weighted by molar-refractivity contribution is 6.00. The van der Waals surface area contributed by atoms with Crippen molar-refractivity contribution in [1.29, 1.82) is 0 Å². The first-order valence-electron chi connectivity index (χ1n) is 4.24. The van der Waals surface area contributed by atoms with Gasteiger partial charge in [0.15, 0.2) is 5.78 Å². The van der Waals surface area contributed by atoms with Gasteiger partial charge in [0.2, 0.25) is 0 Å². The smallest absolute Gasteiger partial charge is 0.341 e. The van der Waals surface area contributed by atoms with Crippen molar-refractivity contribution in [3.63, 3.8) is 0 Å². The quantitative estimate of drug-likeness (QED) is 0.552. The van der Waals surface area contributed by atoms with E-state index in [1.54, 1.807) is 0 Å². The molecule has 0 aliphatic carbocycles. The maximum absolute atomic E-state index is 11.2.